The number of halogens is 1. The summed E-state index contributed by atoms with van der Waals surface area (Å²) in [6, 6.07) is 4.48. The molecule has 1 unspecified atom stereocenters. The summed E-state index contributed by atoms with van der Waals surface area (Å²) in [6.45, 7) is 4.61. The highest BCUT2D eigenvalue weighted by Gasteiger charge is 2.75. The molecule has 2 fully saturated rings. The fourth-order valence-electron chi connectivity index (χ4n) is 6.84. The molecule has 0 radical (unpaired) electrons. The van der Waals surface area contributed by atoms with Crippen molar-refractivity contribution in [2.75, 3.05) is 31.2 Å². The summed E-state index contributed by atoms with van der Waals surface area (Å²) >= 11 is 6.60. The van der Waals surface area contributed by atoms with Crippen molar-refractivity contribution in [2.24, 2.45) is 11.8 Å². The number of benzene rings is 1. The van der Waals surface area contributed by atoms with E-state index in [2.05, 4.69) is 0 Å². The molecule has 1 N–H and O–H groups in total. The van der Waals surface area contributed by atoms with Crippen molar-refractivity contribution >= 4 is 35.1 Å². The zero-order valence-electron chi connectivity index (χ0n) is 22.6. The van der Waals surface area contributed by atoms with Crippen LogP contribution in [0.3, 0.4) is 0 Å². The first-order chi connectivity index (χ1) is 18.8. The number of unbranched alkanes of at least 4 members (excludes halogenated alkanes) is 1. The van der Waals surface area contributed by atoms with Gasteiger partial charge in [-0.15, -0.1) is 0 Å². The number of fused-ring (bicyclic) bond motifs is 2. The first-order valence-electron chi connectivity index (χ1n) is 14.0. The topological polar surface area (TPSA) is 96.4 Å². The number of carbonyl (C=O) groups is 3. The third-order valence-corrected chi connectivity index (χ3v) is 8.95. The molecule has 5 atom stereocenters. The molecule has 2 amide bonds. The van der Waals surface area contributed by atoms with Gasteiger partial charge in [0.25, 0.3) is 5.91 Å². The second kappa shape index (κ2) is 11.1. The van der Waals surface area contributed by atoms with Gasteiger partial charge in [-0.1, -0.05) is 55.0 Å². The third kappa shape index (κ3) is 4.50. The zero-order valence-corrected chi connectivity index (χ0v) is 23.4. The number of hydrogen-bond acceptors (Lipinski definition) is 6. The van der Waals surface area contributed by atoms with Crippen LogP contribution in [0.5, 0.6) is 0 Å². The summed E-state index contributed by atoms with van der Waals surface area (Å²) in [5, 5.41) is 9.85. The van der Waals surface area contributed by atoms with Crippen LogP contribution in [0.1, 0.15) is 51.0 Å². The van der Waals surface area contributed by atoms with Gasteiger partial charge in [0.05, 0.1) is 23.2 Å². The van der Waals surface area contributed by atoms with Gasteiger partial charge >= 0.3 is 5.97 Å². The molecule has 4 aliphatic heterocycles. The first-order valence-corrected chi connectivity index (χ1v) is 14.4. The maximum Gasteiger partial charge on any atom is 0.313 e. The van der Waals surface area contributed by atoms with Gasteiger partial charge in [0.2, 0.25) is 5.91 Å². The summed E-state index contributed by atoms with van der Waals surface area (Å²) in [7, 11) is 0. The quantitative estimate of drug-likeness (QED) is 0.324. The van der Waals surface area contributed by atoms with Gasteiger partial charge in [-0.2, -0.15) is 0 Å². The number of amides is 2. The van der Waals surface area contributed by atoms with E-state index < -0.39 is 35.0 Å². The van der Waals surface area contributed by atoms with Crippen molar-refractivity contribution in [3.05, 3.63) is 53.1 Å². The number of rotatable bonds is 6. The number of carbonyl (C=O) groups excluding carboxylic acids is 3. The minimum absolute atomic E-state index is 0.0186. The summed E-state index contributed by atoms with van der Waals surface area (Å²) in [4.78, 5) is 45.7. The van der Waals surface area contributed by atoms with Crippen molar-refractivity contribution in [3.63, 3.8) is 0 Å². The molecule has 8 nitrogen and oxygen atoms in total. The lowest BCUT2D eigenvalue weighted by Gasteiger charge is -2.39. The van der Waals surface area contributed by atoms with Crippen LogP contribution in [-0.2, 0) is 23.9 Å². The van der Waals surface area contributed by atoms with E-state index in [1.54, 1.807) is 15.9 Å². The Kier molecular flexibility index (Phi) is 7.91. The number of para-hydroxylation sites is 1. The van der Waals surface area contributed by atoms with Gasteiger partial charge in [0, 0.05) is 19.7 Å². The highest BCUT2D eigenvalue weighted by atomic mass is 35.5. The fraction of sp³-hybridized carbons (Fsp3) is 0.567. The zero-order chi connectivity index (χ0) is 27.8. The van der Waals surface area contributed by atoms with Gasteiger partial charge in [-0.05, 0) is 57.1 Å². The first kappa shape index (κ1) is 27.9. The van der Waals surface area contributed by atoms with Crippen LogP contribution < -0.4 is 4.90 Å². The van der Waals surface area contributed by atoms with Crippen LogP contribution in [-0.4, -0.2) is 71.3 Å². The lowest BCUT2D eigenvalue weighted by molar-refractivity contribution is -0.160. The molecule has 2 saturated heterocycles. The predicted molar refractivity (Wildman–Crippen MR) is 147 cm³/mol. The van der Waals surface area contributed by atoms with Crippen molar-refractivity contribution in [1.82, 2.24) is 4.90 Å². The van der Waals surface area contributed by atoms with Crippen molar-refractivity contribution < 1.29 is 29.0 Å². The van der Waals surface area contributed by atoms with Gasteiger partial charge < -0.3 is 24.4 Å². The van der Waals surface area contributed by atoms with Crippen LogP contribution in [0, 0.1) is 18.8 Å². The highest BCUT2D eigenvalue weighted by Crippen LogP contribution is 2.58. The Morgan fingerprint density at radius 3 is 2.64 bits per heavy atom. The molecule has 9 heteroatoms. The molecule has 4 aliphatic rings. The normalized spacial score (nSPS) is 33.3. The lowest BCUT2D eigenvalue weighted by Crippen LogP contribution is -2.56. The van der Waals surface area contributed by atoms with Crippen LogP contribution in [0.2, 0.25) is 5.02 Å². The molecular formula is C30H37ClN2O6. The Hall–Kier alpha value is -2.68. The number of cyclic esters (lactones) is 1. The number of aryl methyl sites for hydroxylation is 1. The Bertz CT molecular complexity index is 1180. The molecule has 210 valence electrons. The SMILES string of the molecule is CC[C@@]12/C=C\CCCCOC(=O)[C@@H]1[C@H]1C(=O)N(CCCCO)C3C(=O)N(c4c(C)cccc4Cl)CC=C[C@@]31O2. The van der Waals surface area contributed by atoms with E-state index in [0.717, 1.165) is 24.8 Å². The Morgan fingerprint density at radius 2 is 1.90 bits per heavy atom. The van der Waals surface area contributed by atoms with E-state index in [1.807, 2.05) is 50.3 Å². The number of allylic oxidation sites excluding steroid dienone is 1. The molecule has 39 heavy (non-hydrogen) atoms. The minimum atomic E-state index is -1.35. The standard InChI is InChI=1S/C30H37ClN2O6/c1-3-29-14-6-4-5-9-19-38-28(37)23(29)22-26(35)33(16-7-8-18-34)25-27(36)32(17-11-15-30(22,25)39-29)24-20(2)12-10-13-21(24)31/h6,10-15,22-23,25,34H,3-5,7-9,16-19H2,1-2H3/b14-6-/t22-,23-,25?,29+,30-/m0/s1. The molecule has 5 rings (SSSR count). The molecule has 1 aromatic carbocycles. The van der Waals surface area contributed by atoms with E-state index >= 15 is 0 Å². The van der Waals surface area contributed by atoms with Crippen LogP contribution in [0.4, 0.5) is 5.69 Å². The third-order valence-electron chi connectivity index (χ3n) is 8.65. The van der Waals surface area contributed by atoms with E-state index in [4.69, 9.17) is 21.1 Å². The number of aliphatic hydroxyl groups is 1. The van der Waals surface area contributed by atoms with Crippen LogP contribution in [0.25, 0.3) is 0 Å². The molecular weight excluding hydrogens is 520 g/mol. The van der Waals surface area contributed by atoms with E-state index in [-0.39, 0.29) is 38.1 Å². The molecule has 0 aliphatic carbocycles. The minimum Gasteiger partial charge on any atom is -0.465 e. The van der Waals surface area contributed by atoms with Gasteiger partial charge in [-0.25, -0.2) is 0 Å². The van der Waals surface area contributed by atoms with E-state index in [1.165, 1.54) is 0 Å². The molecule has 1 spiro atoms. The average Bonchev–Trinajstić information content (AvgIpc) is 3.27. The number of ether oxygens (including phenoxy) is 2. The second-order valence-electron chi connectivity index (χ2n) is 10.9. The van der Waals surface area contributed by atoms with Crippen LogP contribution in [0.15, 0.2) is 42.5 Å². The Balaban J connectivity index is 1.66. The number of esters is 1. The average molecular weight is 557 g/mol. The number of nitrogens with zero attached hydrogens (tertiary/aromatic N) is 2. The smallest absolute Gasteiger partial charge is 0.313 e. The molecule has 0 aromatic heterocycles. The summed E-state index contributed by atoms with van der Waals surface area (Å²) in [6.07, 6.45) is 11.5. The highest BCUT2D eigenvalue weighted by molar-refractivity contribution is 6.34. The van der Waals surface area contributed by atoms with Crippen LogP contribution >= 0.6 is 11.6 Å². The predicted octanol–water partition coefficient (Wildman–Crippen LogP) is 3.97. The summed E-state index contributed by atoms with van der Waals surface area (Å²) < 4.78 is 12.7. The Morgan fingerprint density at radius 1 is 1.08 bits per heavy atom. The number of anilines is 1. The molecule has 0 bridgehead atoms. The lowest BCUT2D eigenvalue weighted by atomic mass is 9.73. The molecule has 1 aromatic rings. The fourth-order valence-corrected chi connectivity index (χ4v) is 7.16. The molecule has 4 heterocycles. The maximum atomic E-state index is 14.6. The Labute approximate surface area is 234 Å². The van der Waals surface area contributed by atoms with Gasteiger partial charge in [-0.3, -0.25) is 14.4 Å². The van der Waals surface area contributed by atoms with Crippen molar-refractivity contribution in [2.45, 2.75) is 69.6 Å². The van der Waals surface area contributed by atoms with Crippen molar-refractivity contribution in [1.29, 1.82) is 0 Å². The maximum absolute atomic E-state index is 14.6. The van der Waals surface area contributed by atoms with Gasteiger partial charge in [0.15, 0.2) is 0 Å². The largest absolute Gasteiger partial charge is 0.465 e. The number of likely N-dealkylation sites (tertiary alicyclic amines) is 1. The summed E-state index contributed by atoms with van der Waals surface area (Å²) in [5.41, 5.74) is -0.996. The van der Waals surface area contributed by atoms with E-state index in [9.17, 15) is 19.5 Å². The molecule has 0 saturated carbocycles. The van der Waals surface area contributed by atoms with Crippen molar-refractivity contribution in [3.8, 4) is 0 Å². The summed E-state index contributed by atoms with van der Waals surface area (Å²) in [5.74, 6) is -2.86. The second-order valence-corrected chi connectivity index (χ2v) is 11.3. The number of hydrogen-bond donors (Lipinski definition) is 1. The monoisotopic (exact) mass is 556 g/mol. The van der Waals surface area contributed by atoms with Gasteiger partial charge in [0.1, 0.15) is 23.2 Å². The van der Waals surface area contributed by atoms with E-state index in [0.29, 0.717) is 30.0 Å². The number of aliphatic hydroxyl groups excluding tert-OH is 1.